The predicted octanol–water partition coefficient (Wildman–Crippen LogP) is 6.85. The first-order chi connectivity index (χ1) is 14.9. The van der Waals surface area contributed by atoms with Gasteiger partial charge in [0.05, 0.1) is 7.11 Å². The minimum Gasteiger partial charge on any atom is -0.497 e. The molecule has 0 bridgehead atoms. The van der Waals surface area contributed by atoms with E-state index < -0.39 is 0 Å². The van der Waals surface area contributed by atoms with Gasteiger partial charge < -0.3 is 13.9 Å². The third-order valence-electron chi connectivity index (χ3n) is 5.27. The predicted molar refractivity (Wildman–Crippen MR) is 127 cm³/mol. The first kappa shape index (κ1) is 22.4. The quantitative estimate of drug-likeness (QED) is 0.296. The zero-order valence-electron chi connectivity index (χ0n) is 19.0. The Morgan fingerprint density at radius 2 is 1.77 bits per heavy atom. The highest BCUT2D eigenvalue weighted by Gasteiger charge is 2.13. The first-order valence-electron chi connectivity index (χ1n) is 10.5. The molecule has 0 unspecified atom stereocenters. The van der Waals surface area contributed by atoms with Gasteiger partial charge in [0.25, 0.3) is 0 Å². The molecule has 31 heavy (non-hydrogen) atoms. The van der Waals surface area contributed by atoms with Crippen LogP contribution in [0.15, 0.2) is 75.0 Å². The van der Waals surface area contributed by atoms with Crippen molar-refractivity contribution in [3.8, 4) is 22.6 Å². The Balaban J connectivity index is 1.85. The lowest BCUT2D eigenvalue weighted by atomic mass is 10.00. The lowest BCUT2D eigenvalue weighted by Crippen LogP contribution is -2.02. The fourth-order valence-electron chi connectivity index (χ4n) is 3.47. The van der Waals surface area contributed by atoms with Crippen LogP contribution >= 0.6 is 0 Å². The molecule has 0 radical (unpaired) electrons. The van der Waals surface area contributed by atoms with Crippen LogP contribution in [0.2, 0.25) is 0 Å². The van der Waals surface area contributed by atoms with Crippen molar-refractivity contribution in [3.05, 3.63) is 81.7 Å². The number of ether oxygens (including phenoxy) is 2. The molecule has 0 spiro atoms. The van der Waals surface area contributed by atoms with Gasteiger partial charge in [-0.25, -0.2) is 4.79 Å². The molecule has 0 saturated carbocycles. The third-order valence-corrected chi connectivity index (χ3v) is 5.27. The van der Waals surface area contributed by atoms with Crippen LogP contribution < -0.4 is 15.1 Å². The number of aryl methyl sites for hydroxylation is 1. The second-order valence-electron chi connectivity index (χ2n) is 7.95. The second kappa shape index (κ2) is 10.2. The number of hydrogen-bond donors (Lipinski definition) is 0. The Labute approximate surface area is 183 Å². The molecule has 2 aromatic carbocycles. The van der Waals surface area contributed by atoms with Crippen molar-refractivity contribution in [2.45, 2.75) is 40.5 Å². The minimum absolute atomic E-state index is 0.381. The van der Waals surface area contributed by atoms with Gasteiger partial charge in [0.1, 0.15) is 23.7 Å². The topological polar surface area (TPSA) is 48.7 Å². The van der Waals surface area contributed by atoms with Crippen molar-refractivity contribution in [1.29, 1.82) is 0 Å². The van der Waals surface area contributed by atoms with E-state index in [4.69, 9.17) is 13.9 Å². The fraction of sp³-hybridized carbons (Fsp3) is 0.296. The Morgan fingerprint density at radius 1 is 1.03 bits per heavy atom. The lowest BCUT2D eigenvalue weighted by Gasteiger charge is -2.12. The molecule has 0 aliphatic carbocycles. The number of methoxy groups -OCH3 is 1. The van der Waals surface area contributed by atoms with Crippen molar-refractivity contribution in [1.82, 2.24) is 0 Å². The van der Waals surface area contributed by atoms with Crippen LogP contribution in [0, 0.1) is 6.92 Å². The number of benzene rings is 2. The van der Waals surface area contributed by atoms with Gasteiger partial charge in [-0.2, -0.15) is 0 Å². The van der Waals surface area contributed by atoms with E-state index >= 15 is 0 Å². The van der Waals surface area contributed by atoms with Gasteiger partial charge in [0.2, 0.25) is 0 Å². The number of allylic oxidation sites excluding steroid dienone is 3. The highest BCUT2D eigenvalue weighted by molar-refractivity contribution is 5.95. The number of hydrogen-bond acceptors (Lipinski definition) is 4. The molecule has 0 N–H and O–H groups in total. The lowest BCUT2D eigenvalue weighted by molar-refractivity contribution is 0.358. The summed E-state index contributed by atoms with van der Waals surface area (Å²) in [5, 5.41) is 0.878. The number of fused-ring (bicyclic) bond motifs is 1. The van der Waals surface area contributed by atoms with Crippen LogP contribution in [0.3, 0.4) is 0 Å². The van der Waals surface area contributed by atoms with E-state index in [0.29, 0.717) is 12.2 Å². The molecule has 3 rings (SSSR count). The second-order valence-corrected chi connectivity index (χ2v) is 7.95. The van der Waals surface area contributed by atoms with Gasteiger partial charge in [-0.05, 0) is 82.0 Å². The SMILES string of the molecule is COc1ccc(-c2cc(=O)oc3c(C)c(OCC=C(C)CCC=C(C)C)ccc23)cc1. The van der Waals surface area contributed by atoms with Gasteiger partial charge in [0.15, 0.2) is 0 Å². The average molecular weight is 419 g/mol. The molecule has 0 amide bonds. The third kappa shape index (κ3) is 5.66. The summed E-state index contributed by atoms with van der Waals surface area (Å²) in [6.07, 6.45) is 6.41. The van der Waals surface area contributed by atoms with E-state index in [1.165, 1.54) is 17.2 Å². The zero-order chi connectivity index (χ0) is 22.4. The van der Waals surface area contributed by atoms with Crippen molar-refractivity contribution < 1.29 is 13.9 Å². The summed E-state index contributed by atoms with van der Waals surface area (Å²) in [6, 6.07) is 13.1. The maximum atomic E-state index is 12.3. The van der Waals surface area contributed by atoms with E-state index in [1.807, 2.05) is 43.3 Å². The summed E-state index contributed by atoms with van der Waals surface area (Å²) in [7, 11) is 1.63. The summed E-state index contributed by atoms with van der Waals surface area (Å²) in [5.41, 5.74) is 5.39. The largest absolute Gasteiger partial charge is 0.497 e. The molecule has 0 aliphatic heterocycles. The van der Waals surface area contributed by atoms with Gasteiger partial charge in [0, 0.05) is 17.0 Å². The fourth-order valence-corrected chi connectivity index (χ4v) is 3.47. The Kier molecular flexibility index (Phi) is 7.35. The molecule has 1 heterocycles. The molecular weight excluding hydrogens is 388 g/mol. The molecule has 0 fully saturated rings. The summed E-state index contributed by atoms with van der Waals surface area (Å²) < 4.78 is 16.8. The Hall–Kier alpha value is -3.27. The molecule has 0 atom stereocenters. The molecule has 3 aromatic rings. The zero-order valence-corrected chi connectivity index (χ0v) is 19.0. The summed E-state index contributed by atoms with van der Waals surface area (Å²) in [4.78, 5) is 12.3. The molecule has 4 nitrogen and oxygen atoms in total. The highest BCUT2D eigenvalue weighted by atomic mass is 16.5. The average Bonchev–Trinajstić information content (AvgIpc) is 2.75. The molecular formula is C27H30O4. The van der Waals surface area contributed by atoms with Crippen molar-refractivity contribution >= 4 is 11.0 Å². The van der Waals surface area contributed by atoms with E-state index in [2.05, 4.69) is 32.9 Å². The van der Waals surface area contributed by atoms with Crippen LogP contribution in [-0.2, 0) is 0 Å². The molecule has 0 saturated heterocycles. The number of rotatable bonds is 8. The smallest absolute Gasteiger partial charge is 0.336 e. The first-order valence-corrected chi connectivity index (χ1v) is 10.5. The van der Waals surface area contributed by atoms with Crippen molar-refractivity contribution in [2.24, 2.45) is 0 Å². The van der Waals surface area contributed by atoms with E-state index in [0.717, 1.165) is 46.4 Å². The van der Waals surface area contributed by atoms with Crippen LogP contribution in [0.1, 0.15) is 39.2 Å². The molecule has 162 valence electrons. The van der Waals surface area contributed by atoms with Crippen molar-refractivity contribution in [2.75, 3.05) is 13.7 Å². The van der Waals surface area contributed by atoms with Crippen LogP contribution in [0.25, 0.3) is 22.1 Å². The Bertz CT molecular complexity index is 1160. The maximum absolute atomic E-state index is 12.3. The normalized spacial score (nSPS) is 11.5. The monoisotopic (exact) mass is 418 g/mol. The van der Waals surface area contributed by atoms with Crippen molar-refractivity contribution in [3.63, 3.8) is 0 Å². The van der Waals surface area contributed by atoms with Crippen LogP contribution in [-0.4, -0.2) is 13.7 Å². The summed E-state index contributed by atoms with van der Waals surface area (Å²) >= 11 is 0. The van der Waals surface area contributed by atoms with E-state index in [1.54, 1.807) is 7.11 Å². The van der Waals surface area contributed by atoms with Gasteiger partial charge >= 0.3 is 5.63 Å². The van der Waals surface area contributed by atoms with Gasteiger partial charge in [-0.15, -0.1) is 0 Å². The Morgan fingerprint density at radius 3 is 2.45 bits per heavy atom. The van der Waals surface area contributed by atoms with Gasteiger partial charge in [-0.1, -0.05) is 29.4 Å². The minimum atomic E-state index is -0.381. The van der Waals surface area contributed by atoms with Crippen LogP contribution in [0.5, 0.6) is 11.5 Å². The molecule has 1 aromatic heterocycles. The summed E-state index contributed by atoms with van der Waals surface area (Å²) in [5.74, 6) is 1.49. The summed E-state index contributed by atoms with van der Waals surface area (Å²) in [6.45, 7) is 8.75. The van der Waals surface area contributed by atoms with E-state index in [-0.39, 0.29) is 5.63 Å². The van der Waals surface area contributed by atoms with Gasteiger partial charge in [-0.3, -0.25) is 0 Å². The maximum Gasteiger partial charge on any atom is 0.336 e. The molecule has 4 heteroatoms. The highest BCUT2D eigenvalue weighted by Crippen LogP contribution is 2.33. The van der Waals surface area contributed by atoms with E-state index in [9.17, 15) is 4.79 Å². The standard InChI is InChI=1S/C27H30O4/c1-18(2)7-6-8-19(3)15-16-30-25-14-13-23-24(17-26(28)31-27(23)20(25)4)21-9-11-22(29-5)12-10-21/h7,9-15,17H,6,8,16H2,1-5H3. The van der Waals surface area contributed by atoms with Crippen LogP contribution in [0.4, 0.5) is 0 Å². The molecule has 0 aliphatic rings.